The maximum Gasteiger partial charge on any atom is 0.0952 e. The molecule has 1 aliphatic rings. The molecule has 1 aromatic heterocycles. The van der Waals surface area contributed by atoms with E-state index in [0.29, 0.717) is 0 Å². The molecule has 0 aliphatic carbocycles. The highest BCUT2D eigenvalue weighted by Gasteiger charge is 2.22. The van der Waals surface area contributed by atoms with Crippen LogP contribution >= 0.6 is 22.9 Å². The lowest BCUT2D eigenvalue weighted by Crippen LogP contribution is -2.37. The summed E-state index contributed by atoms with van der Waals surface area (Å²) in [5, 5.41) is 4.24. The fourth-order valence-corrected chi connectivity index (χ4v) is 3.78. The summed E-state index contributed by atoms with van der Waals surface area (Å²) in [4.78, 5) is 7.20. The van der Waals surface area contributed by atoms with Crippen molar-refractivity contribution >= 4 is 22.9 Å². The highest BCUT2D eigenvalue weighted by atomic mass is 35.5. The third-order valence-electron chi connectivity index (χ3n) is 4.12. The highest BCUT2D eigenvalue weighted by Crippen LogP contribution is 2.25. The number of halogens is 1. The Morgan fingerprint density at radius 2 is 2.17 bits per heavy atom. The third kappa shape index (κ3) is 4.77. The van der Waals surface area contributed by atoms with Gasteiger partial charge in [0.15, 0.2) is 0 Å². The number of ether oxygens (including phenoxy) is 1. The van der Waals surface area contributed by atoms with Gasteiger partial charge < -0.3 is 4.74 Å². The van der Waals surface area contributed by atoms with Gasteiger partial charge in [-0.25, -0.2) is 4.98 Å². The first-order valence-corrected chi connectivity index (χ1v) is 9.53. The maximum absolute atomic E-state index is 5.97. The quantitative estimate of drug-likeness (QED) is 0.754. The van der Waals surface area contributed by atoms with E-state index in [0.717, 1.165) is 37.7 Å². The van der Waals surface area contributed by atoms with Crippen LogP contribution in [0.3, 0.4) is 0 Å². The molecule has 124 valence electrons. The van der Waals surface area contributed by atoms with Crippen molar-refractivity contribution in [1.29, 1.82) is 0 Å². The van der Waals surface area contributed by atoms with Crippen molar-refractivity contribution in [3.63, 3.8) is 0 Å². The zero-order valence-corrected chi connectivity index (χ0v) is 15.1. The van der Waals surface area contributed by atoms with Crippen LogP contribution in [0.2, 0.25) is 5.02 Å². The lowest BCUT2D eigenvalue weighted by atomic mass is 10.1. The molecule has 1 aromatic carbocycles. The van der Waals surface area contributed by atoms with Gasteiger partial charge >= 0.3 is 0 Å². The molecule has 0 N–H and O–H groups in total. The number of aromatic nitrogens is 1. The summed E-state index contributed by atoms with van der Waals surface area (Å²) in [5.41, 5.74) is 2.39. The summed E-state index contributed by atoms with van der Waals surface area (Å²) < 4.78 is 5.93. The van der Waals surface area contributed by atoms with E-state index in [1.54, 1.807) is 11.3 Å². The topological polar surface area (TPSA) is 25.4 Å². The molecule has 1 fully saturated rings. The maximum atomic E-state index is 5.97. The molecule has 0 amide bonds. The molecule has 3 rings (SSSR count). The number of hydrogen-bond acceptors (Lipinski definition) is 4. The molecule has 1 saturated heterocycles. The fraction of sp³-hybridized carbons (Fsp3) is 0.500. The van der Waals surface area contributed by atoms with Crippen molar-refractivity contribution in [2.24, 2.45) is 0 Å². The largest absolute Gasteiger partial charge is 0.371 e. The van der Waals surface area contributed by atoms with Crippen molar-refractivity contribution in [2.75, 3.05) is 19.7 Å². The van der Waals surface area contributed by atoms with Gasteiger partial charge in [0.1, 0.15) is 0 Å². The third-order valence-corrected chi connectivity index (χ3v) is 5.33. The van der Waals surface area contributed by atoms with E-state index in [1.165, 1.54) is 29.1 Å². The second-order valence-electron chi connectivity index (χ2n) is 5.98. The van der Waals surface area contributed by atoms with Crippen LogP contribution < -0.4 is 0 Å². The van der Waals surface area contributed by atoms with Gasteiger partial charge in [0.05, 0.1) is 23.4 Å². The van der Waals surface area contributed by atoms with Crippen LogP contribution in [0, 0.1) is 0 Å². The number of benzene rings is 1. The molecule has 1 unspecified atom stereocenters. The smallest absolute Gasteiger partial charge is 0.0952 e. The molecular formula is C18H23ClN2OS. The van der Waals surface area contributed by atoms with Gasteiger partial charge in [-0.15, -0.1) is 11.3 Å². The van der Waals surface area contributed by atoms with Gasteiger partial charge in [0, 0.05) is 30.0 Å². The van der Waals surface area contributed by atoms with Gasteiger partial charge in [0.2, 0.25) is 0 Å². The standard InChI is InChI=1S/C18H23ClN2OS/c1-2-3-4-18-20-16(13-23-18)11-21-9-10-22-17(12-21)14-5-7-15(19)8-6-14/h5-8,13,17H,2-4,9-12H2,1H3. The van der Waals surface area contributed by atoms with Crippen molar-refractivity contribution in [2.45, 2.75) is 38.8 Å². The minimum Gasteiger partial charge on any atom is -0.371 e. The Hall–Kier alpha value is -0.940. The molecule has 1 atom stereocenters. The molecule has 0 bridgehead atoms. The summed E-state index contributed by atoms with van der Waals surface area (Å²) >= 11 is 7.76. The van der Waals surface area contributed by atoms with Crippen LogP contribution in [-0.4, -0.2) is 29.6 Å². The summed E-state index contributed by atoms with van der Waals surface area (Å²) in [6.07, 6.45) is 3.68. The predicted octanol–water partition coefficient (Wildman–Crippen LogP) is 4.71. The van der Waals surface area contributed by atoms with Gasteiger partial charge in [-0.1, -0.05) is 37.1 Å². The first kappa shape index (κ1) is 16.9. The summed E-state index contributed by atoms with van der Waals surface area (Å²) in [6.45, 7) is 5.77. The molecule has 0 spiro atoms. The minimum atomic E-state index is 0.124. The molecule has 5 heteroatoms. The zero-order valence-electron chi connectivity index (χ0n) is 13.5. The van der Waals surface area contributed by atoms with E-state index in [9.17, 15) is 0 Å². The highest BCUT2D eigenvalue weighted by molar-refractivity contribution is 7.09. The van der Waals surface area contributed by atoms with Crippen LogP contribution in [0.15, 0.2) is 29.6 Å². The molecule has 2 aromatic rings. The normalized spacial score (nSPS) is 19.1. The fourth-order valence-electron chi connectivity index (χ4n) is 2.82. The number of thiazole rings is 1. The number of morpholine rings is 1. The van der Waals surface area contributed by atoms with Gasteiger partial charge in [-0.3, -0.25) is 4.90 Å². The van der Waals surface area contributed by atoms with E-state index in [1.807, 2.05) is 12.1 Å². The molecule has 0 radical (unpaired) electrons. The Morgan fingerprint density at radius 3 is 2.96 bits per heavy atom. The zero-order chi connectivity index (χ0) is 16.1. The van der Waals surface area contributed by atoms with Crippen molar-refractivity contribution < 1.29 is 4.74 Å². The van der Waals surface area contributed by atoms with Crippen molar-refractivity contribution in [3.8, 4) is 0 Å². The number of aryl methyl sites for hydroxylation is 1. The Morgan fingerprint density at radius 1 is 1.35 bits per heavy atom. The Bertz CT molecular complexity index is 614. The summed E-state index contributed by atoms with van der Waals surface area (Å²) in [6, 6.07) is 7.98. The van der Waals surface area contributed by atoms with E-state index in [-0.39, 0.29) is 6.10 Å². The Labute approximate surface area is 147 Å². The average molecular weight is 351 g/mol. The predicted molar refractivity (Wildman–Crippen MR) is 96.1 cm³/mol. The molecule has 2 heterocycles. The number of rotatable bonds is 6. The van der Waals surface area contributed by atoms with E-state index in [2.05, 4.69) is 29.3 Å². The van der Waals surface area contributed by atoms with Crippen LogP contribution in [0.1, 0.15) is 42.1 Å². The summed E-state index contributed by atoms with van der Waals surface area (Å²) in [5.74, 6) is 0. The van der Waals surface area contributed by atoms with Crippen molar-refractivity contribution in [3.05, 3.63) is 50.9 Å². The molecule has 23 heavy (non-hydrogen) atoms. The van der Waals surface area contributed by atoms with E-state index < -0.39 is 0 Å². The first-order valence-electron chi connectivity index (χ1n) is 8.27. The lowest BCUT2D eigenvalue weighted by Gasteiger charge is -2.32. The molecule has 3 nitrogen and oxygen atoms in total. The van der Waals surface area contributed by atoms with E-state index in [4.69, 9.17) is 21.3 Å². The SMILES string of the molecule is CCCCc1nc(CN2CCOC(c3ccc(Cl)cc3)C2)cs1. The van der Waals surface area contributed by atoms with Crippen LogP contribution in [0.5, 0.6) is 0 Å². The second kappa shape index (κ2) is 8.25. The minimum absolute atomic E-state index is 0.124. The van der Waals surface area contributed by atoms with Gasteiger partial charge in [-0.2, -0.15) is 0 Å². The summed E-state index contributed by atoms with van der Waals surface area (Å²) in [7, 11) is 0. The Kier molecular flexibility index (Phi) is 6.06. The molecule has 0 saturated carbocycles. The van der Waals surface area contributed by atoms with Crippen LogP contribution in [-0.2, 0) is 17.7 Å². The van der Waals surface area contributed by atoms with Gasteiger partial charge in [0.25, 0.3) is 0 Å². The lowest BCUT2D eigenvalue weighted by molar-refractivity contribution is -0.0332. The van der Waals surface area contributed by atoms with Crippen molar-refractivity contribution in [1.82, 2.24) is 9.88 Å². The number of unbranched alkanes of at least 4 members (excludes halogenated alkanes) is 1. The van der Waals surface area contributed by atoms with Crippen LogP contribution in [0.4, 0.5) is 0 Å². The second-order valence-corrected chi connectivity index (χ2v) is 7.36. The number of hydrogen-bond donors (Lipinski definition) is 0. The first-order chi connectivity index (χ1) is 11.2. The monoisotopic (exact) mass is 350 g/mol. The van der Waals surface area contributed by atoms with E-state index >= 15 is 0 Å². The van der Waals surface area contributed by atoms with Gasteiger partial charge in [-0.05, 0) is 30.5 Å². The number of nitrogens with zero attached hydrogens (tertiary/aromatic N) is 2. The average Bonchev–Trinajstić information content (AvgIpc) is 3.01. The molecule has 1 aliphatic heterocycles. The van der Waals surface area contributed by atoms with Crippen LogP contribution in [0.25, 0.3) is 0 Å². The Balaban J connectivity index is 1.58. The molecular weight excluding hydrogens is 328 g/mol.